The molecule has 0 unspecified atom stereocenters. The predicted molar refractivity (Wildman–Crippen MR) is 71.5 cm³/mol. The van der Waals surface area contributed by atoms with Crippen LogP contribution in [-0.2, 0) is 12.6 Å². The number of alkyl halides is 3. The summed E-state index contributed by atoms with van der Waals surface area (Å²) in [5.74, 6) is -1.54. The SMILES string of the molecule is CCc1nn(-c2ccccc2C(F)(F)F)c(OC)c1C(=O)O. The summed E-state index contributed by atoms with van der Waals surface area (Å²) in [6.07, 6.45) is -4.34. The van der Waals surface area contributed by atoms with Crippen molar-refractivity contribution in [1.29, 1.82) is 0 Å². The highest BCUT2D eigenvalue weighted by Gasteiger charge is 2.35. The molecule has 118 valence electrons. The van der Waals surface area contributed by atoms with Gasteiger partial charge in [0.25, 0.3) is 0 Å². The summed E-state index contributed by atoms with van der Waals surface area (Å²) in [5.41, 5.74) is -1.28. The zero-order valence-electron chi connectivity index (χ0n) is 11.8. The number of carbonyl (C=O) groups is 1. The summed E-state index contributed by atoms with van der Waals surface area (Å²) >= 11 is 0. The third kappa shape index (κ3) is 2.63. The maximum absolute atomic E-state index is 13.1. The van der Waals surface area contributed by atoms with Gasteiger partial charge in [0.1, 0.15) is 5.56 Å². The molecule has 0 radical (unpaired) electrons. The zero-order chi connectivity index (χ0) is 16.5. The van der Waals surface area contributed by atoms with Gasteiger partial charge in [0.2, 0.25) is 5.88 Å². The number of aromatic carboxylic acids is 1. The number of benzene rings is 1. The minimum Gasteiger partial charge on any atom is -0.480 e. The summed E-state index contributed by atoms with van der Waals surface area (Å²) in [4.78, 5) is 11.3. The molecule has 0 fully saturated rings. The number of ether oxygens (including phenoxy) is 1. The van der Waals surface area contributed by atoms with Gasteiger partial charge in [-0.05, 0) is 18.6 Å². The third-order valence-electron chi connectivity index (χ3n) is 3.10. The van der Waals surface area contributed by atoms with Crippen LogP contribution in [0.2, 0.25) is 0 Å². The molecule has 0 aliphatic rings. The second-order valence-electron chi connectivity index (χ2n) is 4.42. The van der Waals surface area contributed by atoms with Crippen molar-refractivity contribution >= 4 is 5.97 Å². The number of aromatic nitrogens is 2. The van der Waals surface area contributed by atoms with Crippen molar-refractivity contribution in [3.05, 3.63) is 41.1 Å². The monoisotopic (exact) mass is 314 g/mol. The lowest BCUT2D eigenvalue weighted by Gasteiger charge is -2.14. The molecule has 1 aromatic carbocycles. The van der Waals surface area contributed by atoms with Crippen LogP contribution in [0.3, 0.4) is 0 Å². The lowest BCUT2D eigenvalue weighted by Crippen LogP contribution is -2.12. The van der Waals surface area contributed by atoms with Crippen molar-refractivity contribution in [2.75, 3.05) is 7.11 Å². The number of carboxylic acids is 1. The second-order valence-corrected chi connectivity index (χ2v) is 4.42. The highest BCUT2D eigenvalue weighted by molar-refractivity contribution is 5.92. The van der Waals surface area contributed by atoms with Crippen molar-refractivity contribution in [3.8, 4) is 11.6 Å². The smallest absolute Gasteiger partial charge is 0.418 e. The Morgan fingerprint density at radius 2 is 2.00 bits per heavy atom. The van der Waals surface area contributed by atoms with Gasteiger partial charge in [-0.2, -0.15) is 23.0 Å². The van der Waals surface area contributed by atoms with Gasteiger partial charge in [0, 0.05) is 0 Å². The first-order chi connectivity index (χ1) is 10.3. The fourth-order valence-corrected chi connectivity index (χ4v) is 2.16. The quantitative estimate of drug-likeness (QED) is 0.941. The van der Waals surface area contributed by atoms with Crippen LogP contribution >= 0.6 is 0 Å². The molecule has 5 nitrogen and oxygen atoms in total. The Labute approximate surface area is 123 Å². The molecule has 2 rings (SSSR count). The first kappa shape index (κ1) is 15.9. The molecule has 0 atom stereocenters. The van der Waals surface area contributed by atoms with Gasteiger partial charge in [-0.1, -0.05) is 19.1 Å². The van der Waals surface area contributed by atoms with E-state index in [1.165, 1.54) is 25.3 Å². The highest BCUT2D eigenvalue weighted by Crippen LogP contribution is 2.36. The van der Waals surface area contributed by atoms with E-state index in [2.05, 4.69) is 5.10 Å². The van der Waals surface area contributed by atoms with E-state index in [-0.39, 0.29) is 29.2 Å². The molecule has 1 aromatic heterocycles. The molecule has 22 heavy (non-hydrogen) atoms. The van der Waals surface area contributed by atoms with Crippen LogP contribution in [0.15, 0.2) is 24.3 Å². The molecule has 0 bridgehead atoms. The standard InChI is InChI=1S/C14H13F3N2O3/c1-3-9-11(13(20)21)12(22-2)19(18-9)10-7-5-4-6-8(10)14(15,16)17/h4-7H,3H2,1-2H3,(H,20,21). The Balaban J connectivity index is 2.77. The molecule has 8 heteroatoms. The molecule has 2 aromatic rings. The largest absolute Gasteiger partial charge is 0.480 e. The number of hydrogen-bond acceptors (Lipinski definition) is 3. The van der Waals surface area contributed by atoms with E-state index in [0.717, 1.165) is 10.7 Å². The maximum Gasteiger partial charge on any atom is 0.418 e. The summed E-state index contributed by atoms with van der Waals surface area (Å²) in [7, 11) is 1.19. The van der Waals surface area contributed by atoms with Gasteiger partial charge < -0.3 is 9.84 Å². The van der Waals surface area contributed by atoms with Gasteiger partial charge >= 0.3 is 12.1 Å². The summed E-state index contributed by atoms with van der Waals surface area (Å²) in [6, 6.07) is 4.78. The van der Waals surface area contributed by atoms with Gasteiger partial charge in [-0.25, -0.2) is 4.79 Å². The van der Waals surface area contributed by atoms with E-state index >= 15 is 0 Å². The number of rotatable bonds is 4. The van der Waals surface area contributed by atoms with Gasteiger partial charge in [0.05, 0.1) is 24.1 Å². The average Bonchev–Trinajstić information content (AvgIpc) is 2.85. The number of para-hydroxylation sites is 1. The van der Waals surface area contributed by atoms with Gasteiger partial charge in [-0.15, -0.1) is 0 Å². The van der Waals surface area contributed by atoms with Crippen LogP contribution in [-0.4, -0.2) is 28.0 Å². The second kappa shape index (κ2) is 5.70. The van der Waals surface area contributed by atoms with Crippen molar-refractivity contribution in [3.63, 3.8) is 0 Å². The van der Waals surface area contributed by atoms with Crippen LogP contribution in [0, 0.1) is 0 Å². The van der Waals surface area contributed by atoms with Crippen LogP contribution in [0.5, 0.6) is 5.88 Å². The topological polar surface area (TPSA) is 64.4 Å². The van der Waals surface area contributed by atoms with E-state index in [4.69, 9.17) is 4.74 Å². The predicted octanol–water partition coefficient (Wildman–Crippen LogP) is 3.16. The van der Waals surface area contributed by atoms with Crippen LogP contribution in [0.1, 0.15) is 28.5 Å². The molecule has 0 aliphatic heterocycles. The van der Waals surface area contributed by atoms with Crippen LogP contribution in [0.25, 0.3) is 5.69 Å². The fourth-order valence-electron chi connectivity index (χ4n) is 2.16. The molecule has 0 aliphatic carbocycles. The molecular weight excluding hydrogens is 301 g/mol. The number of methoxy groups -OCH3 is 1. The van der Waals surface area contributed by atoms with Gasteiger partial charge in [0.15, 0.2) is 0 Å². The summed E-state index contributed by atoms with van der Waals surface area (Å²) < 4.78 is 45.2. The molecule has 0 amide bonds. The fraction of sp³-hybridized carbons (Fsp3) is 0.286. The number of hydrogen-bond donors (Lipinski definition) is 1. The third-order valence-corrected chi connectivity index (χ3v) is 3.10. The van der Waals surface area contributed by atoms with E-state index in [1.54, 1.807) is 6.92 Å². The van der Waals surface area contributed by atoms with Crippen molar-refractivity contribution in [1.82, 2.24) is 9.78 Å². The summed E-state index contributed by atoms with van der Waals surface area (Å²) in [6.45, 7) is 1.66. The lowest BCUT2D eigenvalue weighted by molar-refractivity contribution is -0.137. The molecule has 1 heterocycles. The Bertz CT molecular complexity index is 708. The Hall–Kier alpha value is -2.51. The number of carboxylic acid groups (broad SMARTS) is 1. The molecule has 0 saturated carbocycles. The first-order valence-corrected chi connectivity index (χ1v) is 6.37. The van der Waals surface area contributed by atoms with Crippen LogP contribution < -0.4 is 4.74 Å². The minimum absolute atomic E-state index is 0.154. The first-order valence-electron chi connectivity index (χ1n) is 6.37. The highest BCUT2D eigenvalue weighted by atomic mass is 19.4. The normalized spacial score (nSPS) is 11.5. The maximum atomic E-state index is 13.1. The molecule has 0 saturated heterocycles. The molecular formula is C14H13F3N2O3. The number of halogens is 3. The number of aryl methyl sites for hydroxylation is 1. The van der Waals surface area contributed by atoms with E-state index in [9.17, 15) is 23.1 Å². The van der Waals surface area contributed by atoms with Crippen LogP contribution in [0.4, 0.5) is 13.2 Å². The van der Waals surface area contributed by atoms with E-state index in [1.807, 2.05) is 0 Å². The molecule has 1 N–H and O–H groups in total. The average molecular weight is 314 g/mol. The lowest BCUT2D eigenvalue weighted by atomic mass is 10.1. The molecule has 0 spiro atoms. The van der Waals surface area contributed by atoms with E-state index < -0.39 is 17.7 Å². The Morgan fingerprint density at radius 3 is 2.50 bits per heavy atom. The van der Waals surface area contributed by atoms with Crippen molar-refractivity contribution < 1.29 is 27.8 Å². The zero-order valence-corrected chi connectivity index (χ0v) is 11.8. The summed E-state index contributed by atoms with van der Waals surface area (Å²) in [5, 5.41) is 13.2. The van der Waals surface area contributed by atoms with Gasteiger partial charge in [-0.3, -0.25) is 0 Å². The Kier molecular flexibility index (Phi) is 4.11. The number of nitrogens with zero attached hydrogens (tertiary/aromatic N) is 2. The Morgan fingerprint density at radius 1 is 1.36 bits per heavy atom. The minimum atomic E-state index is -4.59. The van der Waals surface area contributed by atoms with E-state index in [0.29, 0.717) is 0 Å². The van der Waals surface area contributed by atoms with Crippen molar-refractivity contribution in [2.24, 2.45) is 0 Å². The van der Waals surface area contributed by atoms with Crippen molar-refractivity contribution in [2.45, 2.75) is 19.5 Å².